The molecule has 2 N–H and O–H groups in total. The topological polar surface area (TPSA) is 161 Å². The second kappa shape index (κ2) is 10.5. The molecular weight excluding hydrogens is 568 g/mol. The zero-order valence-electron chi connectivity index (χ0n) is 25.6. The highest BCUT2D eigenvalue weighted by Crippen LogP contribution is 2.63. The maximum atomic E-state index is 14.3. The van der Waals surface area contributed by atoms with E-state index in [0.717, 1.165) is 6.92 Å². The number of rotatable bonds is 6. The molecule has 2 aromatic carbocycles. The minimum absolute atomic E-state index is 0.0407. The first-order chi connectivity index (χ1) is 20.5. The molecule has 0 aliphatic heterocycles. The van der Waals surface area contributed by atoms with Crippen molar-refractivity contribution in [3.8, 4) is 17.2 Å². The monoisotopic (exact) mass is 604 g/mol. The SMILES string of the molecule is COc1ccc(OC(=O)Cc2ccc(O)c3c2C[C@]2(C)C[C@]4(C)C(C(C)C)C(=O)C(C(C)=O)C(=O)[C@]4(O)C(=O)C2C3=O)cc1. The maximum Gasteiger partial charge on any atom is 0.315 e. The normalized spacial score (nSPS) is 31.2. The van der Waals surface area contributed by atoms with E-state index in [4.69, 9.17) is 9.47 Å². The Morgan fingerprint density at radius 3 is 2.16 bits per heavy atom. The van der Waals surface area contributed by atoms with Crippen molar-refractivity contribution in [2.45, 2.75) is 59.5 Å². The van der Waals surface area contributed by atoms with Crippen LogP contribution < -0.4 is 9.47 Å². The van der Waals surface area contributed by atoms with Gasteiger partial charge in [-0.05, 0) is 72.6 Å². The summed E-state index contributed by atoms with van der Waals surface area (Å²) in [6.07, 6.45) is -0.281. The fourth-order valence-electron chi connectivity index (χ4n) is 8.33. The molecule has 2 aromatic rings. The van der Waals surface area contributed by atoms with E-state index in [1.807, 2.05) is 0 Å². The molecule has 0 saturated heterocycles. The molecule has 232 valence electrons. The number of fused-ring (bicyclic) bond motifs is 3. The summed E-state index contributed by atoms with van der Waals surface area (Å²) in [5, 5.41) is 22.9. The third kappa shape index (κ3) is 4.33. The van der Waals surface area contributed by atoms with E-state index in [1.165, 1.54) is 26.2 Å². The molecule has 3 aliphatic rings. The number of esters is 1. The lowest BCUT2D eigenvalue weighted by Gasteiger charge is -2.61. The number of ketones is 5. The zero-order valence-corrected chi connectivity index (χ0v) is 25.6. The summed E-state index contributed by atoms with van der Waals surface area (Å²) in [7, 11) is 1.51. The first kappa shape index (κ1) is 31.3. The van der Waals surface area contributed by atoms with Crippen LogP contribution in [-0.2, 0) is 36.8 Å². The summed E-state index contributed by atoms with van der Waals surface area (Å²) in [6, 6.07) is 9.19. The van der Waals surface area contributed by atoms with Crippen molar-refractivity contribution in [3.05, 3.63) is 53.1 Å². The Kier molecular flexibility index (Phi) is 7.44. The van der Waals surface area contributed by atoms with Crippen molar-refractivity contribution in [2.75, 3.05) is 7.11 Å². The number of hydrogen-bond acceptors (Lipinski definition) is 10. The smallest absolute Gasteiger partial charge is 0.315 e. The summed E-state index contributed by atoms with van der Waals surface area (Å²) < 4.78 is 10.6. The van der Waals surface area contributed by atoms with Crippen molar-refractivity contribution >= 4 is 34.9 Å². The molecule has 10 nitrogen and oxygen atoms in total. The van der Waals surface area contributed by atoms with Gasteiger partial charge in [-0.1, -0.05) is 33.8 Å². The number of aromatic hydroxyl groups is 1. The van der Waals surface area contributed by atoms with Gasteiger partial charge in [0.15, 0.2) is 28.7 Å². The van der Waals surface area contributed by atoms with Crippen LogP contribution in [0.5, 0.6) is 17.2 Å². The van der Waals surface area contributed by atoms with Gasteiger partial charge in [0.1, 0.15) is 28.9 Å². The number of methoxy groups -OCH3 is 1. The van der Waals surface area contributed by atoms with Gasteiger partial charge in [0.2, 0.25) is 0 Å². The average molecular weight is 605 g/mol. The first-order valence-corrected chi connectivity index (χ1v) is 14.6. The van der Waals surface area contributed by atoms with Crippen molar-refractivity contribution in [3.63, 3.8) is 0 Å². The summed E-state index contributed by atoms with van der Waals surface area (Å²) >= 11 is 0. The fraction of sp³-hybridized carbons (Fsp3) is 0.471. The number of Topliss-reactive ketones (excluding diaryl/α,β-unsaturated/α-hetero) is 5. The molecule has 2 fully saturated rings. The largest absolute Gasteiger partial charge is 0.507 e. The molecule has 0 amide bonds. The molecule has 0 radical (unpaired) electrons. The number of carbonyl (C=O) groups excluding carboxylic acids is 6. The molecule has 5 rings (SSSR count). The van der Waals surface area contributed by atoms with Gasteiger partial charge in [0.25, 0.3) is 0 Å². The Morgan fingerprint density at radius 2 is 1.59 bits per heavy atom. The lowest BCUT2D eigenvalue weighted by atomic mass is 9.40. The number of aliphatic hydroxyl groups is 1. The zero-order chi connectivity index (χ0) is 32.5. The highest BCUT2D eigenvalue weighted by molar-refractivity contribution is 6.32. The van der Waals surface area contributed by atoms with Crippen LogP contribution in [0.2, 0.25) is 0 Å². The predicted molar refractivity (Wildman–Crippen MR) is 155 cm³/mol. The Bertz CT molecular complexity index is 1620. The van der Waals surface area contributed by atoms with Crippen LogP contribution in [0.3, 0.4) is 0 Å². The van der Waals surface area contributed by atoms with Crippen LogP contribution in [-0.4, -0.2) is 57.8 Å². The van der Waals surface area contributed by atoms with Crippen LogP contribution in [0.15, 0.2) is 36.4 Å². The maximum absolute atomic E-state index is 14.3. The van der Waals surface area contributed by atoms with E-state index in [2.05, 4.69) is 0 Å². The minimum Gasteiger partial charge on any atom is -0.507 e. The van der Waals surface area contributed by atoms with Crippen LogP contribution in [0.1, 0.15) is 62.5 Å². The quantitative estimate of drug-likeness (QED) is 0.284. The highest BCUT2D eigenvalue weighted by Gasteiger charge is 2.76. The number of carbonyl (C=O) groups is 6. The number of ether oxygens (including phenoxy) is 2. The van der Waals surface area contributed by atoms with E-state index in [1.54, 1.807) is 45.0 Å². The first-order valence-electron chi connectivity index (χ1n) is 14.6. The van der Waals surface area contributed by atoms with E-state index >= 15 is 0 Å². The van der Waals surface area contributed by atoms with E-state index in [0.29, 0.717) is 16.9 Å². The summed E-state index contributed by atoms with van der Waals surface area (Å²) in [6.45, 7) is 7.73. The van der Waals surface area contributed by atoms with Crippen LogP contribution in [0.4, 0.5) is 0 Å². The van der Waals surface area contributed by atoms with Gasteiger partial charge >= 0.3 is 5.97 Å². The second-order valence-electron chi connectivity index (χ2n) is 13.3. The van der Waals surface area contributed by atoms with Crippen LogP contribution in [0.25, 0.3) is 0 Å². The number of benzene rings is 2. The lowest BCUT2D eigenvalue weighted by Crippen LogP contribution is -2.76. The fourth-order valence-corrected chi connectivity index (χ4v) is 8.33. The van der Waals surface area contributed by atoms with Crippen LogP contribution in [0, 0.1) is 34.5 Å². The summed E-state index contributed by atoms with van der Waals surface area (Å²) in [4.78, 5) is 81.3. The summed E-state index contributed by atoms with van der Waals surface area (Å²) in [5.41, 5.74) is -4.97. The molecule has 6 atom stereocenters. The molecule has 2 saturated carbocycles. The van der Waals surface area contributed by atoms with Gasteiger partial charge in [-0.2, -0.15) is 0 Å². The third-order valence-electron chi connectivity index (χ3n) is 9.99. The van der Waals surface area contributed by atoms with Gasteiger partial charge in [0, 0.05) is 11.3 Å². The Morgan fingerprint density at radius 1 is 0.977 bits per heavy atom. The van der Waals surface area contributed by atoms with Crippen molar-refractivity contribution < 1.29 is 48.5 Å². The molecule has 3 unspecified atom stereocenters. The minimum atomic E-state index is -2.76. The standard InChI is InChI=1S/C34H36O10/c1-16(2)26-28(38)24(17(3)35)30(40)34(42)31(41)27-29(39)25-21(14-32(27,4)15-33(26,34)5)18(7-12-22(25)36)13-23(37)44-20-10-8-19(43-6)9-11-20/h7-12,16,24,26-27,36,42H,13-15H2,1-6H3/t24?,26?,27?,32-,33-,34+/m1/s1. The van der Waals surface area contributed by atoms with Crippen molar-refractivity contribution in [2.24, 2.45) is 34.5 Å². The van der Waals surface area contributed by atoms with Gasteiger partial charge in [-0.25, -0.2) is 0 Å². The Balaban J connectivity index is 1.58. The molecule has 10 heteroatoms. The van der Waals surface area contributed by atoms with E-state index in [9.17, 15) is 39.0 Å². The molecular formula is C34H36O10. The van der Waals surface area contributed by atoms with Crippen molar-refractivity contribution in [1.82, 2.24) is 0 Å². The Hall–Kier alpha value is -4.18. The van der Waals surface area contributed by atoms with Crippen molar-refractivity contribution in [1.29, 1.82) is 0 Å². The highest BCUT2D eigenvalue weighted by atomic mass is 16.5. The molecule has 3 aliphatic carbocycles. The van der Waals surface area contributed by atoms with Gasteiger partial charge in [0.05, 0.1) is 25.0 Å². The van der Waals surface area contributed by atoms with Gasteiger partial charge in [-0.3, -0.25) is 28.8 Å². The number of phenols is 1. The van der Waals surface area contributed by atoms with Crippen LogP contribution >= 0.6 is 0 Å². The van der Waals surface area contributed by atoms with Gasteiger partial charge < -0.3 is 19.7 Å². The molecule has 44 heavy (non-hydrogen) atoms. The number of hydrogen-bond donors (Lipinski definition) is 2. The predicted octanol–water partition coefficient (Wildman–Crippen LogP) is 3.25. The molecule has 0 spiro atoms. The third-order valence-corrected chi connectivity index (χ3v) is 9.99. The lowest BCUT2D eigenvalue weighted by molar-refractivity contribution is -0.205. The molecule has 0 bridgehead atoms. The summed E-state index contributed by atoms with van der Waals surface area (Å²) in [5.74, 6) is -9.43. The molecule has 0 aromatic heterocycles. The number of phenolic OH excluding ortho intramolecular Hbond substituents is 1. The molecule has 0 heterocycles. The van der Waals surface area contributed by atoms with Gasteiger partial charge in [-0.15, -0.1) is 0 Å². The second-order valence-corrected chi connectivity index (χ2v) is 13.3. The van der Waals surface area contributed by atoms with E-state index < -0.39 is 80.7 Å². The average Bonchev–Trinajstić information content (AvgIpc) is 2.92. The Labute approximate surface area is 254 Å². The van der Waals surface area contributed by atoms with E-state index in [-0.39, 0.29) is 30.6 Å².